The minimum atomic E-state index is -0.0635. The molecule has 0 saturated carbocycles. The summed E-state index contributed by atoms with van der Waals surface area (Å²) in [6, 6.07) is 7.03. The molecule has 0 unspecified atom stereocenters. The van der Waals surface area contributed by atoms with E-state index in [1.807, 2.05) is 0 Å². The molecular weight excluding hydrogens is 192 g/mol. The van der Waals surface area contributed by atoms with Crippen molar-refractivity contribution in [3.05, 3.63) is 29.8 Å². The lowest BCUT2D eigenvalue weighted by Crippen LogP contribution is -2.23. The summed E-state index contributed by atoms with van der Waals surface area (Å²) in [6.45, 7) is 0.671. The first kappa shape index (κ1) is 9.71. The molecule has 0 atom stereocenters. The van der Waals surface area contributed by atoms with Crippen molar-refractivity contribution < 1.29 is 9.53 Å². The molecule has 1 aliphatic rings. The number of hydrogen-bond acceptors (Lipinski definition) is 3. The summed E-state index contributed by atoms with van der Waals surface area (Å²) in [5.41, 5.74) is 0.634. The molecule has 0 saturated heterocycles. The third-order valence-electron chi connectivity index (χ3n) is 2.26. The maximum atomic E-state index is 11.8. The smallest absolute Gasteiger partial charge is 0.273 e. The summed E-state index contributed by atoms with van der Waals surface area (Å²) in [4.78, 5) is 11.8. The van der Waals surface area contributed by atoms with Crippen LogP contribution < -0.4 is 4.74 Å². The maximum Gasteiger partial charge on any atom is 0.273 e. The third kappa shape index (κ3) is 1.98. The van der Waals surface area contributed by atoms with Crippen LogP contribution in [0.5, 0.6) is 5.75 Å². The number of nitrogens with zero attached hydrogens (tertiary/aromatic N) is 2. The SMILES string of the molecule is COc1ccc(C(=O)N2CCC=N2)cc1. The molecule has 0 N–H and O–H groups in total. The highest BCUT2D eigenvalue weighted by molar-refractivity contribution is 5.95. The van der Waals surface area contributed by atoms with Crippen molar-refractivity contribution in [3.63, 3.8) is 0 Å². The van der Waals surface area contributed by atoms with E-state index in [1.54, 1.807) is 37.6 Å². The van der Waals surface area contributed by atoms with Crippen molar-refractivity contribution in [2.45, 2.75) is 6.42 Å². The molecule has 0 fully saturated rings. The zero-order valence-electron chi connectivity index (χ0n) is 8.51. The van der Waals surface area contributed by atoms with Crippen LogP contribution in [-0.4, -0.2) is 30.8 Å². The number of carbonyl (C=O) groups is 1. The fraction of sp³-hybridized carbons (Fsp3) is 0.273. The van der Waals surface area contributed by atoms with E-state index in [-0.39, 0.29) is 5.91 Å². The van der Waals surface area contributed by atoms with Gasteiger partial charge in [-0.05, 0) is 24.3 Å². The molecule has 4 nitrogen and oxygen atoms in total. The maximum absolute atomic E-state index is 11.8. The fourth-order valence-corrected chi connectivity index (χ4v) is 1.43. The second-order valence-electron chi connectivity index (χ2n) is 3.24. The quantitative estimate of drug-likeness (QED) is 0.733. The van der Waals surface area contributed by atoms with Gasteiger partial charge in [0.05, 0.1) is 7.11 Å². The zero-order chi connectivity index (χ0) is 10.7. The molecule has 0 aromatic heterocycles. The van der Waals surface area contributed by atoms with Crippen LogP contribution in [-0.2, 0) is 0 Å². The van der Waals surface area contributed by atoms with E-state index in [1.165, 1.54) is 5.01 Å². The Bertz CT molecular complexity index is 384. The monoisotopic (exact) mass is 204 g/mol. The topological polar surface area (TPSA) is 41.9 Å². The van der Waals surface area contributed by atoms with Crippen molar-refractivity contribution in [1.82, 2.24) is 5.01 Å². The van der Waals surface area contributed by atoms with E-state index >= 15 is 0 Å². The molecular formula is C11H12N2O2. The summed E-state index contributed by atoms with van der Waals surface area (Å²) in [6.07, 6.45) is 2.59. The van der Waals surface area contributed by atoms with Crippen LogP contribution in [0.15, 0.2) is 29.4 Å². The lowest BCUT2D eigenvalue weighted by Gasteiger charge is -2.11. The number of carbonyl (C=O) groups excluding carboxylic acids is 1. The molecule has 1 aromatic carbocycles. The Morgan fingerprint density at radius 1 is 1.40 bits per heavy atom. The van der Waals surface area contributed by atoms with Gasteiger partial charge in [0.1, 0.15) is 5.75 Å². The second-order valence-corrected chi connectivity index (χ2v) is 3.24. The highest BCUT2D eigenvalue weighted by Gasteiger charge is 2.16. The van der Waals surface area contributed by atoms with E-state index in [4.69, 9.17) is 4.74 Å². The van der Waals surface area contributed by atoms with Crippen molar-refractivity contribution >= 4 is 12.1 Å². The number of hydrazone groups is 1. The molecule has 0 radical (unpaired) electrons. The molecule has 0 bridgehead atoms. The number of methoxy groups -OCH3 is 1. The van der Waals surface area contributed by atoms with Gasteiger partial charge in [-0.15, -0.1) is 0 Å². The zero-order valence-corrected chi connectivity index (χ0v) is 8.51. The highest BCUT2D eigenvalue weighted by atomic mass is 16.5. The molecule has 0 aliphatic carbocycles. The largest absolute Gasteiger partial charge is 0.497 e. The van der Waals surface area contributed by atoms with Crippen LogP contribution >= 0.6 is 0 Å². The van der Waals surface area contributed by atoms with Crippen molar-refractivity contribution in [1.29, 1.82) is 0 Å². The number of ether oxygens (including phenoxy) is 1. The van der Waals surface area contributed by atoms with Crippen LogP contribution in [0, 0.1) is 0 Å². The molecule has 0 spiro atoms. The summed E-state index contributed by atoms with van der Waals surface area (Å²) >= 11 is 0. The predicted octanol–water partition coefficient (Wildman–Crippen LogP) is 1.53. The fourth-order valence-electron chi connectivity index (χ4n) is 1.43. The number of hydrogen-bond donors (Lipinski definition) is 0. The normalized spacial score (nSPS) is 14.3. The number of amides is 1. The summed E-state index contributed by atoms with van der Waals surface area (Å²) in [7, 11) is 1.60. The van der Waals surface area contributed by atoms with E-state index in [2.05, 4.69) is 5.10 Å². The minimum absolute atomic E-state index is 0.0635. The van der Waals surface area contributed by atoms with Crippen molar-refractivity contribution in [2.75, 3.05) is 13.7 Å². The molecule has 15 heavy (non-hydrogen) atoms. The average Bonchev–Trinajstić information content (AvgIpc) is 2.82. The lowest BCUT2D eigenvalue weighted by atomic mass is 10.2. The Hall–Kier alpha value is -1.84. The van der Waals surface area contributed by atoms with E-state index in [0.29, 0.717) is 12.1 Å². The summed E-state index contributed by atoms with van der Waals surface area (Å²) < 4.78 is 5.02. The van der Waals surface area contributed by atoms with Crippen LogP contribution in [0.1, 0.15) is 16.8 Å². The first-order valence-corrected chi connectivity index (χ1v) is 4.79. The first-order chi connectivity index (χ1) is 7.31. The van der Waals surface area contributed by atoms with Gasteiger partial charge in [-0.1, -0.05) is 0 Å². The van der Waals surface area contributed by atoms with E-state index in [9.17, 15) is 4.79 Å². The standard InChI is InChI=1S/C11H12N2O2/c1-15-10-5-3-9(4-6-10)11(14)13-8-2-7-12-13/h3-7H,2,8H2,1H3. The summed E-state index contributed by atoms with van der Waals surface area (Å²) in [5, 5.41) is 5.46. The molecule has 78 valence electrons. The second kappa shape index (κ2) is 4.13. The minimum Gasteiger partial charge on any atom is -0.497 e. The Morgan fingerprint density at radius 3 is 2.67 bits per heavy atom. The van der Waals surface area contributed by atoms with Crippen molar-refractivity contribution in [2.24, 2.45) is 5.10 Å². The highest BCUT2D eigenvalue weighted by Crippen LogP contribution is 2.14. The van der Waals surface area contributed by atoms with Gasteiger partial charge in [0, 0.05) is 24.7 Å². The predicted molar refractivity (Wildman–Crippen MR) is 57.1 cm³/mol. The Morgan fingerprint density at radius 2 is 2.13 bits per heavy atom. The van der Waals surface area contributed by atoms with Crippen LogP contribution in [0.3, 0.4) is 0 Å². The first-order valence-electron chi connectivity index (χ1n) is 4.79. The average molecular weight is 204 g/mol. The van der Waals surface area contributed by atoms with Gasteiger partial charge in [0.15, 0.2) is 0 Å². The van der Waals surface area contributed by atoms with Gasteiger partial charge >= 0.3 is 0 Å². The third-order valence-corrected chi connectivity index (χ3v) is 2.26. The number of benzene rings is 1. The van der Waals surface area contributed by atoms with Gasteiger partial charge in [-0.3, -0.25) is 4.79 Å². The van der Waals surface area contributed by atoms with Gasteiger partial charge in [-0.25, -0.2) is 5.01 Å². The molecule has 1 aliphatic heterocycles. The van der Waals surface area contributed by atoms with E-state index < -0.39 is 0 Å². The molecule has 1 aromatic rings. The van der Waals surface area contributed by atoms with Gasteiger partial charge in [0.25, 0.3) is 5.91 Å². The van der Waals surface area contributed by atoms with Gasteiger partial charge < -0.3 is 4.74 Å². The van der Waals surface area contributed by atoms with Crippen LogP contribution in [0.2, 0.25) is 0 Å². The molecule has 1 amide bonds. The lowest BCUT2D eigenvalue weighted by molar-refractivity contribution is 0.0778. The Balaban J connectivity index is 2.14. The van der Waals surface area contributed by atoms with Crippen LogP contribution in [0.25, 0.3) is 0 Å². The molecule has 4 heteroatoms. The van der Waals surface area contributed by atoms with Gasteiger partial charge in [-0.2, -0.15) is 5.10 Å². The Kier molecular flexibility index (Phi) is 2.67. The molecule has 2 rings (SSSR count). The van der Waals surface area contributed by atoms with Gasteiger partial charge in [0.2, 0.25) is 0 Å². The Labute approximate surface area is 88.2 Å². The van der Waals surface area contributed by atoms with E-state index in [0.717, 1.165) is 12.2 Å². The van der Waals surface area contributed by atoms with Crippen molar-refractivity contribution in [3.8, 4) is 5.75 Å². The molecule has 1 heterocycles. The number of rotatable bonds is 2. The van der Waals surface area contributed by atoms with Crippen LogP contribution in [0.4, 0.5) is 0 Å². The summed E-state index contributed by atoms with van der Waals surface area (Å²) in [5.74, 6) is 0.683.